The van der Waals surface area contributed by atoms with Crippen LogP contribution < -0.4 is 0 Å². The highest BCUT2D eigenvalue weighted by atomic mass is 16.2. The number of rotatable bonds is 3. The van der Waals surface area contributed by atoms with Crippen molar-refractivity contribution >= 4 is 11.8 Å². The van der Waals surface area contributed by atoms with Crippen LogP contribution in [0.25, 0.3) is 0 Å². The second-order valence-corrected chi connectivity index (χ2v) is 6.09. The number of carbonyl (C=O) groups excluding carboxylic acids is 2. The lowest BCUT2D eigenvalue weighted by Gasteiger charge is -2.38. The van der Waals surface area contributed by atoms with E-state index in [0.29, 0.717) is 11.1 Å². The van der Waals surface area contributed by atoms with E-state index in [-0.39, 0.29) is 17.4 Å². The monoisotopic (exact) mass is 297 g/mol. The molecule has 1 saturated heterocycles. The Morgan fingerprint density at radius 1 is 1.05 bits per heavy atom. The Morgan fingerprint density at radius 2 is 1.64 bits per heavy atom. The molecule has 22 heavy (non-hydrogen) atoms. The molecule has 0 radical (unpaired) electrons. The number of nitrogens with zero attached hydrogens (tertiary/aromatic N) is 1. The zero-order valence-corrected chi connectivity index (χ0v) is 13.8. The Bertz CT molecular complexity index is 637. The fourth-order valence-electron chi connectivity index (χ4n) is 2.09. The standard InChI is InChI=1S/C19H23NO2/c1-8-10-13(2)11-9-12-16-14(3)15(4)17(21)20(18(16)22)19(5,6)7/h8-12H,2-4H2,1,5-7H3/b10-8-,11-9-,16-12+. The Hall–Kier alpha value is -2.42. The molecule has 1 aliphatic rings. The summed E-state index contributed by atoms with van der Waals surface area (Å²) in [5.41, 5.74) is 1.20. The normalized spacial score (nSPS) is 19.1. The van der Waals surface area contributed by atoms with Gasteiger partial charge in [-0.1, -0.05) is 44.0 Å². The molecule has 0 N–H and O–H groups in total. The van der Waals surface area contributed by atoms with Crippen molar-refractivity contribution in [1.29, 1.82) is 0 Å². The molecule has 0 saturated carbocycles. The summed E-state index contributed by atoms with van der Waals surface area (Å²) in [4.78, 5) is 26.1. The van der Waals surface area contributed by atoms with Crippen LogP contribution in [-0.4, -0.2) is 22.3 Å². The molecule has 0 unspecified atom stereocenters. The van der Waals surface area contributed by atoms with Crippen molar-refractivity contribution in [3.8, 4) is 0 Å². The van der Waals surface area contributed by atoms with Gasteiger partial charge in [-0.3, -0.25) is 14.5 Å². The molecule has 0 aromatic heterocycles. The minimum Gasteiger partial charge on any atom is -0.269 e. The van der Waals surface area contributed by atoms with E-state index in [0.717, 1.165) is 5.57 Å². The van der Waals surface area contributed by atoms with E-state index in [4.69, 9.17) is 0 Å². The quantitative estimate of drug-likeness (QED) is 0.450. The minimum atomic E-state index is -0.616. The molecule has 0 aliphatic carbocycles. The van der Waals surface area contributed by atoms with Crippen LogP contribution >= 0.6 is 0 Å². The molecule has 0 spiro atoms. The summed E-state index contributed by atoms with van der Waals surface area (Å²) < 4.78 is 0. The van der Waals surface area contributed by atoms with Crippen molar-refractivity contribution in [2.45, 2.75) is 33.2 Å². The van der Waals surface area contributed by atoms with Crippen LogP contribution in [0.4, 0.5) is 0 Å². The molecule has 2 amide bonds. The van der Waals surface area contributed by atoms with E-state index in [1.165, 1.54) is 4.90 Å². The Balaban J connectivity index is 3.21. The molecule has 1 rings (SSSR count). The molecule has 0 aromatic carbocycles. The summed E-state index contributed by atoms with van der Waals surface area (Å²) in [6.07, 6.45) is 8.90. The first-order chi connectivity index (χ1) is 10.1. The van der Waals surface area contributed by atoms with Crippen LogP contribution in [0.1, 0.15) is 27.7 Å². The number of likely N-dealkylation sites (tertiary alicyclic amines) is 1. The van der Waals surface area contributed by atoms with Crippen molar-refractivity contribution in [1.82, 2.24) is 4.90 Å². The molecular formula is C19H23NO2. The van der Waals surface area contributed by atoms with Gasteiger partial charge in [-0.15, -0.1) is 0 Å². The maximum atomic E-state index is 12.6. The fourth-order valence-corrected chi connectivity index (χ4v) is 2.09. The van der Waals surface area contributed by atoms with Gasteiger partial charge in [0.15, 0.2) is 0 Å². The first-order valence-electron chi connectivity index (χ1n) is 7.08. The summed E-state index contributed by atoms with van der Waals surface area (Å²) in [6.45, 7) is 18.8. The van der Waals surface area contributed by atoms with E-state index >= 15 is 0 Å². The first kappa shape index (κ1) is 17.6. The molecule has 1 fully saturated rings. The second-order valence-electron chi connectivity index (χ2n) is 6.09. The molecular weight excluding hydrogens is 274 g/mol. The van der Waals surface area contributed by atoms with Crippen LogP contribution in [0.3, 0.4) is 0 Å². The van der Waals surface area contributed by atoms with Gasteiger partial charge in [0, 0.05) is 16.7 Å². The topological polar surface area (TPSA) is 37.4 Å². The van der Waals surface area contributed by atoms with Crippen LogP contribution in [0.15, 0.2) is 72.4 Å². The number of hydrogen-bond donors (Lipinski definition) is 0. The van der Waals surface area contributed by atoms with Crippen molar-refractivity contribution < 1.29 is 9.59 Å². The molecule has 0 atom stereocenters. The summed E-state index contributed by atoms with van der Waals surface area (Å²) in [6, 6.07) is 0. The number of carbonyl (C=O) groups is 2. The largest absolute Gasteiger partial charge is 0.269 e. The fraction of sp³-hybridized carbons (Fsp3) is 0.263. The maximum Gasteiger partial charge on any atom is 0.261 e. The van der Waals surface area contributed by atoms with Gasteiger partial charge >= 0.3 is 0 Å². The smallest absolute Gasteiger partial charge is 0.261 e. The summed E-state index contributed by atoms with van der Waals surface area (Å²) >= 11 is 0. The first-order valence-corrected chi connectivity index (χ1v) is 7.08. The van der Waals surface area contributed by atoms with Gasteiger partial charge in [0.25, 0.3) is 11.8 Å². The van der Waals surface area contributed by atoms with E-state index in [2.05, 4.69) is 19.7 Å². The van der Waals surface area contributed by atoms with Gasteiger partial charge in [0.1, 0.15) is 0 Å². The molecule has 1 aliphatic heterocycles. The number of amides is 2. The Morgan fingerprint density at radius 3 is 2.14 bits per heavy atom. The average Bonchev–Trinajstić information content (AvgIpc) is 2.39. The molecule has 0 bridgehead atoms. The Kier molecular flexibility index (Phi) is 5.26. The van der Waals surface area contributed by atoms with Gasteiger partial charge in [-0.25, -0.2) is 0 Å². The summed E-state index contributed by atoms with van der Waals surface area (Å²) in [7, 11) is 0. The molecule has 0 aromatic rings. The zero-order chi connectivity index (χ0) is 17.1. The molecule has 3 heteroatoms. The van der Waals surface area contributed by atoms with E-state index in [1.54, 1.807) is 18.2 Å². The van der Waals surface area contributed by atoms with E-state index in [1.807, 2.05) is 39.8 Å². The predicted octanol–water partition coefficient (Wildman–Crippen LogP) is 3.88. The van der Waals surface area contributed by atoms with Crippen LogP contribution in [-0.2, 0) is 9.59 Å². The van der Waals surface area contributed by atoms with E-state index in [9.17, 15) is 9.59 Å². The summed E-state index contributed by atoms with van der Waals surface area (Å²) in [5.74, 6) is -0.738. The van der Waals surface area contributed by atoms with Crippen molar-refractivity contribution in [3.05, 3.63) is 72.4 Å². The van der Waals surface area contributed by atoms with Crippen molar-refractivity contribution in [2.24, 2.45) is 0 Å². The van der Waals surface area contributed by atoms with E-state index < -0.39 is 5.54 Å². The number of imide groups is 1. The summed E-state index contributed by atoms with van der Waals surface area (Å²) in [5, 5.41) is 0. The number of piperidine rings is 1. The lowest BCUT2D eigenvalue weighted by Crippen LogP contribution is -2.53. The predicted molar refractivity (Wildman–Crippen MR) is 91.1 cm³/mol. The number of hydrogen-bond acceptors (Lipinski definition) is 2. The van der Waals surface area contributed by atoms with Crippen LogP contribution in [0, 0.1) is 0 Å². The molecule has 1 heterocycles. The average molecular weight is 297 g/mol. The van der Waals surface area contributed by atoms with Crippen LogP contribution in [0.5, 0.6) is 0 Å². The van der Waals surface area contributed by atoms with Gasteiger partial charge in [0.2, 0.25) is 0 Å². The third-order valence-corrected chi connectivity index (χ3v) is 3.21. The third kappa shape index (κ3) is 3.61. The van der Waals surface area contributed by atoms with Crippen molar-refractivity contribution in [3.63, 3.8) is 0 Å². The van der Waals surface area contributed by atoms with Gasteiger partial charge in [-0.05, 0) is 44.9 Å². The van der Waals surface area contributed by atoms with Crippen molar-refractivity contribution in [2.75, 3.05) is 0 Å². The van der Waals surface area contributed by atoms with Crippen LogP contribution in [0.2, 0.25) is 0 Å². The lowest BCUT2D eigenvalue weighted by molar-refractivity contribution is -0.146. The van der Waals surface area contributed by atoms with Gasteiger partial charge < -0.3 is 0 Å². The zero-order valence-electron chi connectivity index (χ0n) is 13.8. The second kappa shape index (κ2) is 6.56. The number of allylic oxidation sites excluding steroid dienone is 6. The third-order valence-electron chi connectivity index (χ3n) is 3.21. The van der Waals surface area contributed by atoms with Gasteiger partial charge in [0.05, 0.1) is 0 Å². The lowest BCUT2D eigenvalue weighted by atomic mass is 9.89. The molecule has 116 valence electrons. The maximum absolute atomic E-state index is 12.6. The molecule has 3 nitrogen and oxygen atoms in total. The SMILES string of the molecule is C=C(/C=C\C)/C=C\C=C1/C(=C)C(=C)C(=O)N(C(C)(C)C)C1=O. The Labute approximate surface area is 132 Å². The minimum absolute atomic E-state index is 0.251. The highest BCUT2D eigenvalue weighted by Gasteiger charge is 2.41. The highest BCUT2D eigenvalue weighted by molar-refractivity contribution is 6.20. The van der Waals surface area contributed by atoms with Gasteiger partial charge in [-0.2, -0.15) is 0 Å². The highest BCUT2D eigenvalue weighted by Crippen LogP contribution is 2.31.